The van der Waals surface area contributed by atoms with E-state index in [-0.39, 0.29) is 22.7 Å². The van der Waals surface area contributed by atoms with Gasteiger partial charge in [0, 0.05) is 11.8 Å². The highest BCUT2D eigenvalue weighted by Gasteiger charge is 2.30. The third-order valence-corrected chi connectivity index (χ3v) is 4.56. The van der Waals surface area contributed by atoms with Crippen molar-refractivity contribution in [2.45, 2.75) is 6.18 Å². The fourth-order valence-corrected chi connectivity index (χ4v) is 2.93. The molecule has 0 aliphatic heterocycles. The van der Waals surface area contributed by atoms with Crippen LogP contribution in [0.1, 0.15) is 11.1 Å². The van der Waals surface area contributed by atoms with Crippen LogP contribution in [0.2, 0.25) is 0 Å². The molecule has 0 spiro atoms. The Labute approximate surface area is 200 Å². The van der Waals surface area contributed by atoms with Crippen molar-refractivity contribution in [3.63, 3.8) is 0 Å². The molecule has 1 amide bonds. The maximum atomic E-state index is 12.9. The van der Waals surface area contributed by atoms with E-state index in [0.29, 0.717) is 0 Å². The number of carbonyl (C=O) groups excluding carboxylic acids is 1. The molecule has 3 rings (SSSR count). The van der Waals surface area contributed by atoms with Crippen LogP contribution in [-0.2, 0) is 11.0 Å². The third kappa shape index (κ3) is 6.20. The average molecular weight is 498 g/mol. The number of halogens is 3. The van der Waals surface area contributed by atoms with Crippen LogP contribution < -0.4 is 10.1 Å². The molecule has 3 aromatic rings. The number of rotatable bonds is 7. The minimum atomic E-state index is -4.62. The molecule has 36 heavy (non-hydrogen) atoms. The number of nitrogens with zero attached hydrogens (tertiary/aromatic N) is 3. The van der Waals surface area contributed by atoms with Crippen molar-refractivity contribution in [2.24, 2.45) is 0 Å². The predicted molar refractivity (Wildman–Crippen MR) is 120 cm³/mol. The number of non-ortho nitro benzene ring substituents is 1. The van der Waals surface area contributed by atoms with Gasteiger partial charge in [0.15, 0.2) is 0 Å². The standard InChI is InChI=1S/C23H13F3N4O6/c24-23(25,26)16-4-2-5-17(11-16)28-22(31)15(13-27)9-14-3-1-6-19(10-14)36-21-8-7-18(29(32)33)12-20(21)30(34)35/h1-12H,(H,28,31)/b15-9-. The largest absolute Gasteiger partial charge is 0.450 e. The van der Waals surface area contributed by atoms with Crippen molar-refractivity contribution >= 4 is 29.0 Å². The van der Waals surface area contributed by atoms with E-state index < -0.39 is 44.4 Å². The van der Waals surface area contributed by atoms with Crippen molar-refractivity contribution in [1.82, 2.24) is 0 Å². The summed E-state index contributed by atoms with van der Waals surface area (Å²) in [5, 5.41) is 33.8. The van der Waals surface area contributed by atoms with E-state index in [4.69, 9.17) is 4.74 Å². The van der Waals surface area contributed by atoms with Gasteiger partial charge >= 0.3 is 11.9 Å². The normalized spacial score (nSPS) is 11.3. The molecule has 0 radical (unpaired) electrons. The topological polar surface area (TPSA) is 148 Å². The lowest BCUT2D eigenvalue weighted by Gasteiger charge is -2.10. The lowest BCUT2D eigenvalue weighted by atomic mass is 10.1. The average Bonchev–Trinajstić information content (AvgIpc) is 2.82. The van der Waals surface area contributed by atoms with E-state index in [9.17, 15) is 43.5 Å². The highest BCUT2D eigenvalue weighted by Crippen LogP contribution is 2.35. The zero-order valence-corrected chi connectivity index (χ0v) is 17.9. The second-order valence-corrected chi connectivity index (χ2v) is 7.04. The minimum absolute atomic E-state index is 0.0521. The summed E-state index contributed by atoms with van der Waals surface area (Å²) in [6, 6.07) is 14.0. The monoisotopic (exact) mass is 498 g/mol. The molecule has 0 fully saturated rings. The Morgan fingerprint density at radius 2 is 1.72 bits per heavy atom. The van der Waals surface area contributed by atoms with Gasteiger partial charge in [0.2, 0.25) is 5.75 Å². The van der Waals surface area contributed by atoms with Gasteiger partial charge in [-0.1, -0.05) is 18.2 Å². The van der Waals surface area contributed by atoms with E-state index in [1.165, 1.54) is 30.3 Å². The summed E-state index contributed by atoms with van der Waals surface area (Å²) in [6.07, 6.45) is -3.48. The van der Waals surface area contributed by atoms with Crippen LogP contribution in [0, 0.1) is 31.6 Å². The molecular formula is C23H13F3N4O6. The first-order valence-corrected chi connectivity index (χ1v) is 9.79. The number of hydrogen-bond acceptors (Lipinski definition) is 7. The molecule has 0 unspecified atom stereocenters. The number of nitro groups is 2. The van der Waals surface area contributed by atoms with Crippen molar-refractivity contribution in [1.29, 1.82) is 5.26 Å². The number of nitrogens with one attached hydrogen (secondary N) is 1. The van der Waals surface area contributed by atoms with Crippen LogP contribution in [-0.4, -0.2) is 15.8 Å². The summed E-state index contributed by atoms with van der Waals surface area (Å²) in [5.74, 6) is -1.19. The van der Waals surface area contributed by atoms with Crippen molar-refractivity contribution in [2.75, 3.05) is 5.32 Å². The molecule has 0 heterocycles. The van der Waals surface area contributed by atoms with E-state index in [0.717, 1.165) is 42.5 Å². The summed E-state index contributed by atoms with van der Waals surface area (Å²) in [7, 11) is 0. The van der Waals surface area contributed by atoms with Crippen LogP contribution in [0.3, 0.4) is 0 Å². The van der Waals surface area contributed by atoms with Gasteiger partial charge in [-0.15, -0.1) is 0 Å². The maximum absolute atomic E-state index is 12.9. The number of alkyl halides is 3. The van der Waals surface area contributed by atoms with Crippen LogP contribution in [0.4, 0.5) is 30.2 Å². The Bertz CT molecular complexity index is 1430. The zero-order chi connectivity index (χ0) is 26.5. The minimum Gasteiger partial charge on any atom is -0.450 e. The smallest absolute Gasteiger partial charge is 0.416 e. The van der Waals surface area contributed by atoms with Gasteiger partial charge in [0.05, 0.1) is 21.5 Å². The number of hydrogen-bond donors (Lipinski definition) is 1. The lowest BCUT2D eigenvalue weighted by Crippen LogP contribution is -2.14. The third-order valence-electron chi connectivity index (χ3n) is 4.56. The van der Waals surface area contributed by atoms with E-state index in [1.807, 2.05) is 0 Å². The van der Waals surface area contributed by atoms with Crippen molar-refractivity contribution in [3.8, 4) is 17.6 Å². The highest BCUT2D eigenvalue weighted by atomic mass is 19.4. The molecule has 0 atom stereocenters. The molecular weight excluding hydrogens is 485 g/mol. The van der Waals surface area contributed by atoms with Crippen molar-refractivity contribution in [3.05, 3.63) is 104 Å². The van der Waals surface area contributed by atoms with Gasteiger partial charge < -0.3 is 10.1 Å². The van der Waals surface area contributed by atoms with Gasteiger partial charge in [-0.2, -0.15) is 18.4 Å². The second kappa shape index (κ2) is 10.3. The fourth-order valence-electron chi connectivity index (χ4n) is 2.93. The number of anilines is 1. The SMILES string of the molecule is N#C/C(=C/c1cccc(Oc2ccc([N+](=O)[O-])cc2[N+](=O)[O-])c1)C(=O)Nc1cccc(C(F)(F)F)c1. The zero-order valence-electron chi connectivity index (χ0n) is 17.9. The van der Waals surface area contributed by atoms with Crippen LogP contribution in [0.5, 0.6) is 11.5 Å². The highest BCUT2D eigenvalue weighted by molar-refractivity contribution is 6.09. The summed E-state index contributed by atoms with van der Waals surface area (Å²) < 4.78 is 44.1. The van der Waals surface area contributed by atoms with Crippen LogP contribution in [0.15, 0.2) is 72.3 Å². The van der Waals surface area contributed by atoms with Crippen LogP contribution in [0.25, 0.3) is 6.08 Å². The molecule has 0 aromatic heterocycles. The van der Waals surface area contributed by atoms with Gasteiger partial charge in [-0.05, 0) is 48.0 Å². The summed E-state index contributed by atoms with van der Waals surface area (Å²) >= 11 is 0. The van der Waals surface area contributed by atoms with Gasteiger partial charge in [0.1, 0.15) is 17.4 Å². The first-order valence-electron chi connectivity index (χ1n) is 9.79. The van der Waals surface area contributed by atoms with Gasteiger partial charge in [-0.25, -0.2) is 0 Å². The van der Waals surface area contributed by atoms with Crippen molar-refractivity contribution < 1.29 is 32.5 Å². The molecule has 3 aromatic carbocycles. The molecule has 0 aliphatic rings. The number of benzene rings is 3. The first kappa shape index (κ1) is 25.4. The first-order chi connectivity index (χ1) is 17.0. The second-order valence-electron chi connectivity index (χ2n) is 7.04. The summed E-state index contributed by atoms with van der Waals surface area (Å²) in [4.78, 5) is 33.0. The number of ether oxygens (including phenoxy) is 1. The number of nitriles is 1. The quantitative estimate of drug-likeness (QED) is 0.186. The molecule has 0 bridgehead atoms. The van der Waals surface area contributed by atoms with E-state index in [1.54, 1.807) is 6.07 Å². The van der Waals surface area contributed by atoms with E-state index in [2.05, 4.69) is 5.32 Å². The summed E-state index contributed by atoms with van der Waals surface area (Å²) in [5.41, 5.74) is -2.48. The molecule has 10 nitrogen and oxygen atoms in total. The molecule has 182 valence electrons. The van der Waals surface area contributed by atoms with Gasteiger partial charge in [-0.3, -0.25) is 25.0 Å². The maximum Gasteiger partial charge on any atom is 0.416 e. The fraction of sp³-hybridized carbons (Fsp3) is 0.0435. The Kier molecular flexibility index (Phi) is 7.29. The van der Waals surface area contributed by atoms with E-state index >= 15 is 0 Å². The predicted octanol–water partition coefficient (Wildman–Crippen LogP) is 5.86. The molecule has 13 heteroatoms. The van der Waals surface area contributed by atoms with Crippen LogP contribution >= 0.6 is 0 Å². The number of amides is 1. The molecule has 0 saturated heterocycles. The number of carbonyl (C=O) groups is 1. The summed E-state index contributed by atoms with van der Waals surface area (Å²) in [6.45, 7) is 0. The Morgan fingerprint density at radius 1 is 1.00 bits per heavy atom. The molecule has 0 saturated carbocycles. The Balaban J connectivity index is 1.84. The lowest BCUT2D eigenvalue weighted by molar-refractivity contribution is -0.394. The van der Waals surface area contributed by atoms with Gasteiger partial charge in [0.25, 0.3) is 11.6 Å². The number of nitro benzene ring substituents is 2. The molecule has 0 aliphatic carbocycles. The molecule has 1 N–H and O–H groups in total. The Hall–Kier alpha value is -5.25. The Morgan fingerprint density at radius 3 is 2.36 bits per heavy atom.